The largest absolute Gasteiger partial charge is 0.454 e. The summed E-state index contributed by atoms with van der Waals surface area (Å²) in [6.45, 7) is 11.0. The third-order valence-corrected chi connectivity index (χ3v) is 5.25. The van der Waals surface area contributed by atoms with Gasteiger partial charge in [0.25, 0.3) is 11.8 Å². The second-order valence-electron chi connectivity index (χ2n) is 9.62. The van der Waals surface area contributed by atoms with Crippen molar-refractivity contribution >= 4 is 29.5 Å². The minimum absolute atomic E-state index is 0.00221. The summed E-state index contributed by atoms with van der Waals surface area (Å²) in [5, 5.41) is 5.31. The molecule has 8 nitrogen and oxygen atoms in total. The van der Waals surface area contributed by atoms with Crippen LogP contribution in [0, 0.1) is 5.92 Å². The van der Waals surface area contributed by atoms with Crippen LogP contribution in [-0.4, -0.2) is 47.4 Å². The fraction of sp³-hybridized carbons (Fsp3) is 0.565. The molecule has 0 bridgehead atoms. The van der Waals surface area contributed by atoms with E-state index in [1.165, 1.54) is 0 Å². The van der Waals surface area contributed by atoms with Crippen molar-refractivity contribution in [3.63, 3.8) is 0 Å². The van der Waals surface area contributed by atoms with E-state index in [1.807, 2.05) is 26.0 Å². The van der Waals surface area contributed by atoms with Gasteiger partial charge in [-0.25, -0.2) is 4.79 Å². The third-order valence-electron chi connectivity index (χ3n) is 5.25. The van der Waals surface area contributed by atoms with Crippen LogP contribution in [0.1, 0.15) is 59.9 Å². The number of esters is 1. The maximum absolute atomic E-state index is 12.6. The van der Waals surface area contributed by atoms with Gasteiger partial charge in [0.15, 0.2) is 6.61 Å². The molecule has 0 aromatic heterocycles. The Morgan fingerprint density at radius 1 is 1.16 bits per heavy atom. The smallest absolute Gasteiger partial charge is 0.326 e. The fourth-order valence-electron chi connectivity index (χ4n) is 3.21. The first-order valence-corrected chi connectivity index (χ1v) is 10.5. The average molecular weight is 432 g/mol. The molecule has 0 spiro atoms. The molecule has 8 heteroatoms. The van der Waals surface area contributed by atoms with Gasteiger partial charge in [0.2, 0.25) is 0 Å². The van der Waals surface area contributed by atoms with Crippen LogP contribution in [0.4, 0.5) is 10.5 Å². The SMILES string of the molecule is CC(C)CC[C@]1(C)NC(=O)N(CC(=O)OCC(=O)Nc2ccc(C(C)(C)C)cc2)C1=O. The summed E-state index contributed by atoms with van der Waals surface area (Å²) >= 11 is 0. The standard InChI is InChI=1S/C23H33N3O5/c1-15(2)11-12-23(6)20(29)26(21(30)25-23)13-19(28)31-14-18(27)24-17-9-7-16(8-10-17)22(3,4)5/h7-10,15H,11-14H2,1-6H3,(H,24,27)(H,25,30)/t23-/m0/s1. The molecule has 1 aromatic carbocycles. The lowest BCUT2D eigenvalue weighted by Crippen LogP contribution is -2.44. The predicted molar refractivity (Wildman–Crippen MR) is 117 cm³/mol. The van der Waals surface area contributed by atoms with E-state index in [0.29, 0.717) is 18.0 Å². The minimum atomic E-state index is -1.03. The Kier molecular flexibility index (Phi) is 7.46. The lowest BCUT2D eigenvalue weighted by atomic mass is 9.87. The molecule has 0 radical (unpaired) electrons. The molecule has 1 saturated heterocycles. The van der Waals surface area contributed by atoms with E-state index >= 15 is 0 Å². The Balaban J connectivity index is 1.84. The van der Waals surface area contributed by atoms with Crippen LogP contribution >= 0.6 is 0 Å². The molecule has 1 heterocycles. The van der Waals surface area contributed by atoms with Gasteiger partial charge in [0, 0.05) is 5.69 Å². The fourth-order valence-corrected chi connectivity index (χ4v) is 3.21. The molecule has 1 aliphatic rings. The van der Waals surface area contributed by atoms with Crippen molar-refractivity contribution < 1.29 is 23.9 Å². The Hall–Kier alpha value is -2.90. The second-order valence-corrected chi connectivity index (χ2v) is 9.62. The summed E-state index contributed by atoms with van der Waals surface area (Å²) in [5.41, 5.74) is 0.690. The molecule has 31 heavy (non-hydrogen) atoms. The molecule has 0 unspecified atom stereocenters. The molecule has 1 aromatic rings. The zero-order valence-electron chi connectivity index (χ0n) is 19.2. The van der Waals surface area contributed by atoms with Crippen LogP contribution in [0.25, 0.3) is 0 Å². The lowest BCUT2D eigenvalue weighted by Gasteiger charge is -2.22. The first-order valence-electron chi connectivity index (χ1n) is 10.5. The average Bonchev–Trinajstić information content (AvgIpc) is 2.88. The summed E-state index contributed by atoms with van der Waals surface area (Å²) in [4.78, 5) is 49.8. The van der Waals surface area contributed by atoms with Crippen LogP contribution in [-0.2, 0) is 24.5 Å². The Morgan fingerprint density at radius 3 is 2.32 bits per heavy atom. The van der Waals surface area contributed by atoms with Crippen molar-refractivity contribution in [1.29, 1.82) is 0 Å². The lowest BCUT2D eigenvalue weighted by molar-refractivity contribution is -0.150. The molecule has 2 rings (SSSR count). The number of rotatable bonds is 8. The van der Waals surface area contributed by atoms with Crippen molar-refractivity contribution in [3.05, 3.63) is 29.8 Å². The highest BCUT2D eigenvalue weighted by molar-refractivity contribution is 6.08. The van der Waals surface area contributed by atoms with E-state index in [4.69, 9.17) is 4.74 Å². The first kappa shape index (κ1) is 24.4. The van der Waals surface area contributed by atoms with E-state index in [9.17, 15) is 19.2 Å². The minimum Gasteiger partial charge on any atom is -0.454 e. The maximum atomic E-state index is 12.6. The number of imide groups is 1. The number of urea groups is 1. The van der Waals surface area contributed by atoms with Crippen molar-refractivity contribution in [2.24, 2.45) is 5.92 Å². The number of carbonyl (C=O) groups excluding carboxylic acids is 4. The molecule has 170 valence electrons. The van der Waals surface area contributed by atoms with Crippen molar-refractivity contribution in [1.82, 2.24) is 10.2 Å². The van der Waals surface area contributed by atoms with E-state index < -0.39 is 42.5 Å². The molecule has 1 atom stereocenters. The van der Waals surface area contributed by atoms with Gasteiger partial charge in [0.1, 0.15) is 12.1 Å². The highest BCUT2D eigenvalue weighted by atomic mass is 16.5. The number of hydrogen-bond acceptors (Lipinski definition) is 5. The van der Waals surface area contributed by atoms with Crippen LogP contribution in [0.5, 0.6) is 0 Å². The second kappa shape index (κ2) is 9.49. The van der Waals surface area contributed by atoms with Gasteiger partial charge in [-0.1, -0.05) is 46.8 Å². The molecular formula is C23H33N3O5. The van der Waals surface area contributed by atoms with E-state index in [2.05, 4.69) is 31.4 Å². The molecule has 1 fully saturated rings. The van der Waals surface area contributed by atoms with E-state index in [-0.39, 0.29) is 5.41 Å². The number of anilines is 1. The number of hydrogen-bond donors (Lipinski definition) is 2. The predicted octanol–water partition coefficient (Wildman–Crippen LogP) is 3.21. The summed E-state index contributed by atoms with van der Waals surface area (Å²) in [5.74, 6) is -1.41. The number of carbonyl (C=O) groups is 4. The highest BCUT2D eigenvalue weighted by Crippen LogP contribution is 2.25. The van der Waals surface area contributed by atoms with Gasteiger partial charge in [-0.2, -0.15) is 0 Å². The van der Waals surface area contributed by atoms with E-state index in [1.54, 1.807) is 19.1 Å². The normalized spacial score (nSPS) is 18.9. The van der Waals surface area contributed by atoms with Gasteiger partial charge in [0.05, 0.1) is 0 Å². The van der Waals surface area contributed by atoms with Crippen molar-refractivity contribution in [2.45, 2.75) is 65.3 Å². The Labute approximate surface area is 183 Å². The van der Waals surface area contributed by atoms with Crippen molar-refractivity contribution in [2.75, 3.05) is 18.5 Å². The van der Waals surface area contributed by atoms with Gasteiger partial charge in [-0.3, -0.25) is 19.3 Å². The molecule has 1 aliphatic heterocycles. The molecular weight excluding hydrogens is 398 g/mol. The summed E-state index contributed by atoms with van der Waals surface area (Å²) in [7, 11) is 0. The number of amides is 4. The Bertz CT molecular complexity index is 842. The zero-order chi connectivity index (χ0) is 23.4. The van der Waals surface area contributed by atoms with Gasteiger partial charge >= 0.3 is 12.0 Å². The molecule has 0 aliphatic carbocycles. The van der Waals surface area contributed by atoms with Gasteiger partial charge < -0.3 is 15.4 Å². The monoisotopic (exact) mass is 431 g/mol. The molecule has 4 amide bonds. The van der Waals surface area contributed by atoms with E-state index in [0.717, 1.165) is 16.9 Å². The van der Waals surface area contributed by atoms with Crippen LogP contribution < -0.4 is 10.6 Å². The van der Waals surface area contributed by atoms with Crippen LogP contribution in [0.15, 0.2) is 24.3 Å². The summed E-state index contributed by atoms with van der Waals surface area (Å²) in [6, 6.07) is 6.79. The third kappa shape index (κ3) is 6.54. The van der Waals surface area contributed by atoms with Crippen LogP contribution in [0.3, 0.4) is 0 Å². The first-order chi connectivity index (χ1) is 14.3. The maximum Gasteiger partial charge on any atom is 0.326 e. The number of ether oxygens (including phenoxy) is 1. The molecule has 2 N–H and O–H groups in total. The summed E-state index contributed by atoms with van der Waals surface area (Å²) < 4.78 is 4.95. The quantitative estimate of drug-likeness (QED) is 0.486. The number of benzene rings is 1. The molecule has 0 saturated carbocycles. The van der Waals surface area contributed by atoms with Crippen molar-refractivity contribution in [3.8, 4) is 0 Å². The summed E-state index contributed by atoms with van der Waals surface area (Å²) in [6.07, 6.45) is 1.24. The van der Waals surface area contributed by atoms with Crippen LogP contribution in [0.2, 0.25) is 0 Å². The van der Waals surface area contributed by atoms with Gasteiger partial charge in [-0.15, -0.1) is 0 Å². The zero-order valence-corrected chi connectivity index (χ0v) is 19.2. The highest BCUT2D eigenvalue weighted by Gasteiger charge is 2.48. The number of nitrogens with zero attached hydrogens (tertiary/aromatic N) is 1. The topological polar surface area (TPSA) is 105 Å². The Morgan fingerprint density at radius 2 is 1.77 bits per heavy atom. The van der Waals surface area contributed by atoms with Gasteiger partial charge in [-0.05, 0) is 48.8 Å². The number of nitrogens with one attached hydrogen (secondary N) is 2.